The van der Waals surface area contributed by atoms with Crippen LogP contribution in [-0.2, 0) is 11.2 Å². The number of hydrogen-bond acceptors (Lipinski definition) is 6. The Hall–Kier alpha value is -2.67. The summed E-state index contributed by atoms with van der Waals surface area (Å²) in [5.74, 6) is 0.917. The van der Waals surface area contributed by atoms with Crippen molar-refractivity contribution in [3.8, 4) is 11.5 Å². The number of aromatic nitrogens is 3. The molecule has 0 spiro atoms. The molecule has 0 saturated carbocycles. The van der Waals surface area contributed by atoms with Crippen LogP contribution in [0.2, 0.25) is 0 Å². The van der Waals surface area contributed by atoms with Crippen molar-refractivity contribution in [1.29, 1.82) is 0 Å². The molecule has 0 fully saturated rings. The first-order chi connectivity index (χ1) is 12.6. The van der Waals surface area contributed by atoms with Gasteiger partial charge in [-0.2, -0.15) is 4.98 Å². The molecule has 0 unspecified atom stereocenters. The molecule has 26 heavy (non-hydrogen) atoms. The van der Waals surface area contributed by atoms with E-state index in [0.717, 1.165) is 4.90 Å². The number of rotatable bonds is 7. The Morgan fingerprint density at radius 3 is 2.77 bits per heavy atom. The molecule has 0 saturated heterocycles. The van der Waals surface area contributed by atoms with Gasteiger partial charge in [0.2, 0.25) is 17.6 Å². The van der Waals surface area contributed by atoms with Crippen LogP contribution in [0.25, 0.3) is 11.5 Å². The molecule has 1 N–H and O–H groups in total. The van der Waals surface area contributed by atoms with Crippen molar-refractivity contribution in [3.63, 3.8) is 0 Å². The van der Waals surface area contributed by atoms with Gasteiger partial charge in [0.1, 0.15) is 5.69 Å². The average Bonchev–Trinajstić information content (AvgIpc) is 3.13. The number of hydrogen-bond donors (Lipinski definition) is 1. The van der Waals surface area contributed by atoms with Crippen molar-refractivity contribution in [2.75, 3.05) is 6.54 Å². The average molecular weight is 368 g/mol. The zero-order valence-electron chi connectivity index (χ0n) is 14.7. The van der Waals surface area contributed by atoms with Gasteiger partial charge in [-0.1, -0.05) is 28.9 Å². The fourth-order valence-corrected chi connectivity index (χ4v) is 3.16. The van der Waals surface area contributed by atoms with Crippen molar-refractivity contribution in [3.05, 3.63) is 60.1 Å². The van der Waals surface area contributed by atoms with E-state index in [1.807, 2.05) is 56.3 Å². The third-order valence-corrected chi connectivity index (χ3v) is 4.82. The van der Waals surface area contributed by atoms with Crippen LogP contribution in [0.5, 0.6) is 0 Å². The van der Waals surface area contributed by atoms with E-state index in [9.17, 15) is 4.79 Å². The predicted octanol–water partition coefficient (Wildman–Crippen LogP) is 3.28. The van der Waals surface area contributed by atoms with E-state index in [4.69, 9.17) is 4.52 Å². The summed E-state index contributed by atoms with van der Waals surface area (Å²) < 4.78 is 5.21. The first kappa shape index (κ1) is 18.1. The van der Waals surface area contributed by atoms with Gasteiger partial charge in [-0.3, -0.25) is 9.78 Å². The molecule has 0 aliphatic carbocycles. The first-order valence-electron chi connectivity index (χ1n) is 8.37. The molecule has 3 aromatic rings. The Bertz CT molecular complexity index is 849. The van der Waals surface area contributed by atoms with E-state index >= 15 is 0 Å². The van der Waals surface area contributed by atoms with Crippen LogP contribution in [0.3, 0.4) is 0 Å². The van der Waals surface area contributed by atoms with Gasteiger partial charge in [0.05, 0.1) is 5.25 Å². The van der Waals surface area contributed by atoms with Gasteiger partial charge in [0, 0.05) is 24.1 Å². The summed E-state index contributed by atoms with van der Waals surface area (Å²) in [5.41, 5.74) is 1.87. The molecule has 134 valence electrons. The number of amides is 1. The SMILES string of the molecule is Cc1ccc(S[C@@H](C)C(=O)NCCc2nc(-c3ccccn3)no2)cc1. The summed E-state index contributed by atoms with van der Waals surface area (Å²) in [6.45, 7) is 4.38. The van der Waals surface area contributed by atoms with Gasteiger partial charge < -0.3 is 9.84 Å². The fraction of sp³-hybridized carbons (Fsp3) is 0.263. The first-order valence-corrected chi connectivity index (χ1v) is 9.25. The molecule has 0 aliphatic heterocycles. The van der Waals surface area contributed by atoms with Crippen LogP contribution in [0.15, 0.2) is 58.1 Å². The third kappa shape index (κ3) is 4.92. The summed E-state index contributed by atoms with van der Waals surface area (Å²) in [7, 11) is 0. The van der Waals surface area contributed by atoms with E-state index in [2.05, 4.69) is 20.4 Å². The predicted molar refractivity (Wildman–Crippen MR) is 101 cm³/mol. The highest BCUT2D eigenvalue weighted by Crippen LogP contribution is 2.23. The number of nitrogens with one attached hydrogen (secondary N) is 1. The zero-order valence-corrected chi connectivity index (χ0v) is 15.5. The summed E-state index contributed by atoms with van der Waals surface area (Å²) in [6.07, 6.45) is 2.16. The number of benzene rings is 1. The van der Waals surface area contributed by atoms with Gasteiger partial charge in [-0.15, -0.1) is 11.8 Å². The molecular weight excluding hydrogens is 348 g/mol. The Labute approximate surface area is 156 Å². The van der Waals surface area contributed by atoms with Crippen LogP contribution < -0.4 is 5.32 Å². The maximum atomic E-state index is 12.2. The summed E-state index contributed by atoms with van der Waals surface area (Å²) in [4.78, 5) is 21.8. The lowest BCUT2D eigenvalue weighted by molar-refractivity contribution is -0.120. The van der Waals surface area contributed by atoms with Crippen molar-refractivity contribution >= 4 is 17.7 Å². The van der Waals surface area contributed by atoms with Crippen LogP contribution in [0.1, 0.15) is 18.4 Å². The highest BCUT2D eigenvalue weighted by molar-refractivity contribution is 8.00. The smallest absolute Gasteiger partial charge is 0.233 e. The molecule has 0 radical (unpaired) electrons. The quantitative estimate of drug-likeness (QED) is 0.645. The van der Waals surface area contributed by atoms with Gasteiger partial charge in [-0.05, 0) is 38.1 Å². The van der Waals surface area contributed by atoms with Crippen molar-refractivity contribution in [1.82, 2.24) is 20.4 Å². The third-order valence-electron chi connectivity index (χ3n) is 3.70. The number of carbonyl (C=O) groups excluding carboxylic acids is 1. The summed E-state index contributed by atoms with van der Waals surface area (Å²) in [5, 5.41) is 6.65. The van der Waals surface area contributed by atoms with Crippen LogP contribution in [-0.4, -0.2) is 32.8 Å². The molecule has 3 rings (SSSR count). The van der Waals surface area contributed by atoms with E-state index < -0.39 is 0 Å². The molecule has 7 heteroatoms. The fourth-order valence-electron chi connectivity index (χ4n) is 2.27. The number of nitrogens with zero attached hydrogens (tertiary/aromatic N) is 3. The van der Waals surface area contributed by atoms with Crippen LogP contribution >= 0.6 is 11.8 Å². The normalized spacial score (nSPS) is 11.9. The highest BCUT2D eigenvalue weighted by atomic mass is 32.2. The Kier molecular flexibility index (Phi) is 6.01. The molecule has 1 atom stereocenters. The molecule has 2 heterocycles. The number of aryl methyl sites for hydroxylation is 1. The Morgan fingerprint density at radius 1 is 1.23 bits per heavy atom. The van der Waals surface area contributed by atoms with E-state index in [0.29, 0.717) is 30.4 Å². The second kappa shape index (κ2) is 8.62. The summed E-state index contributed by atoms with van der Waals surface area (Å²) >= 11 is 1.54. The lowest BCUT2D eigenvalue weighted by Crippen LogP contribution is -2.32. The van der Waals surface area contributed by atoms with Crippen molar-refractivity contribution in [2.45, 2.75) is 30.4 Å². The minimum Gasteiger partial charge on any atom is -0.355 e. The minimum atomic E-state index is -0.176. The lowest BCUT2D eigenvalue weighted by Gasteiger charge is -2.11. The monoisotopic (exact) mass is 368 g/mol. The van der Waals surface area contributed by atoms with Gasteiger partial charge >= 0.3 is 0 Å². The van der Waals surface area contributed by atoms with Crippen molar-refractivity contribution < 1.29 is 9.32 Å². The highest BCUT2D eigenvalue weighted by Gasteiger charge is 2.15. The maximum Gasteiger partial charge on any atom is 0.233 e. The van der Waals surface area contributed by atoms with E-state index in [1.165, 1.54) is 17.3 Å². The zero-order chi connectivity index (χ0) is 18.4. The maximum absolute atomic E-state index is 12.2. The molecule has 1 amide bonds. The number of pyridine rings is 1. The number of thioether (sulfide) groups is 1. The standard InChI is InChI=1S/C19H20N4O2S/c1-13-6-8-15(9-7-13)26-14(2)19(24)21-12-10-17-22-18(23-25-17)16-5-3-4-11-20-16/h3-9,11,14H,10,12H2,1-2H3,(H,21,24)/t14-/m0/s1. The molecule has 6 nitrogen and oxygen atoms in total. The molecule has 0 bridgehead atoms. The topological polar surface area (TPSA) is 80.9 Å². The molecule has 1 aromatic carbocycles. The van der Waals surface area contributed by atoms with Crippen molar-refractivity contribution in [2.24, 2.45) is 0 Å². The second-order valence-electron chi connectivity index (χ2n) is 5.84. The van der Waals surface area contributed by atoms with Gasteiger partial charge in [-0.25, -0.2) is 0 Å². The van der Waals surface area contributed by atoms with Gasteiger partial charge in [0.15, 0.2) is 0 Å². The Morgan fingerprint density at radius 2 is 2.04 bits per heavy atom. The van der Waals surface area contributed by atoms with Gasteiger partial charge in [0.25, 0.3) is 0 Å². The second-order valence-corrected chi connectivity index (χ2v) is 7.26. The largest absolute Gasteiger partial charge is 0.355 e. The van der Waals surface area contributed by atoms with E-state index in [1.54, 1.807) is 6.20 Å². The van der Waals surface area contributed by atoms with Crippen LogP contribution in [0.4, 0.5) is 0 Å². The number of carbonyl (C=O) groups is 1. The molecule has 2 aromatic heterocycles. The van der Waals surface area contributed by atoms with E-state index in [-0.39, 0.29) is 11.2 Å². The summed E-state index contributed by atoms with van der Waals surface area (Å²) in [6, 6.07) is 13.7. The van der Waals surface area contributed by atoms with Crippen LogP contribution in [0, 0.1) is 6.92 Å². The molecular formula is C19H20N4O2S. The minimum absolute atomic E-state index is 0.0139. The molecule has 0 aliphatic rings. The Balaban J connectivity index is 1.46. The lowest BCUT2D eigenvalue weighted by atomic mass is 10.2.